The van der Waals surface area contributed by atoms with Gasteiger partial charge in [0.1, 0.15) is 0 Å². The summed E-state index contributed by atoms with van der Waals surface area (Å²) in [7, 11) is 0. The highest BCUT2D eigenvalue weighted by Gasteiger charge is 2.26. The van der Waals surface area contributed by atoms with E-state index < -0.39 is 10.8 Å². The third-order valence-electron chi connectivity index (χ3n) is 3.31. The molecule has 2 N–H and O–H groups in total. The fraction of sp³-hybridized carbons (Fsp3) is 1.00. The third kappa shape index (κ3) is 6.47. The predicted molar refractivity (Wildman–Crippen MR) is 73.7 cm³/mol. The predicted octanol–water partition coefficient (Wildman–Crippen LogP) is 0.0636. The van der Waals surface area contributed by atoms with Crippen molar-refractivity contribution in [2.75, 3.05) is 66.1 Å². The standard InChI is InChI=1S/C14H28O6/c1-13(7-15)9-17-3-5-19-11-14(2,8-16)12-20-6-4-18-10-13/h15-16H,3-12H2,1-2H3. The smallest absolute Gasteiger partial charge is 0.0700 e. The van der Waals surface area contributed by atoms with Gasteiger partial charge in [0.25, 0.3) is 0 Å². The molecule has 1 fully saturated rings. The first-order valence-electron chi connectivity index (χ1n) is 7.06. The van der Waals surface area contributed by atoms with Gasteiger partial charge >= 0.3 is 0 Å². The van der Waals surface area contributed by atoms with Gasteiger partial charge in [0.2, 0.25) is 0 Å². The molecule has 0 aromatic rings. The van der Waals surface area contributed by atoms with E-state index >= 15 is 0 Å². The van der Waals surface area contributed by atoms with Crippen LogP contribution in [0, 0.1) is 10.8 Å². The van der Waals surface area contributed by atoms with Crippen LogP contribution < -0.4 is 0 Å². The summed E-state index contributed by atoms with van der Waals surface area (Å²) in [6, 6.07) is 0. The van der Waals surface area contributed by atoms with Gasteiger partial charge in [-0.15, -0.1) is 0 Å². The van der Waals surface area contributed by atoms with E-state index in [0.29, 0.717) is 52.9 Å². The van der Waals surface area contributed by atoms with E-state index in [-0.39, 0.29) is 13.2 Å². The van der Waals surface area contributed by atoms with E-state index in [1.54, 1.807) is 0 Å². The third-order valence-corrected chi connectivity index (χ3v) is 3.31. The SMILES string of the molecule is CC1(CO)COCCOCC(C)(CO)COCCOC1. The van der Waals surface area contributed by atoms with Crippen molar-refractivity contribution in [3.8, 4) is 0 Å². The molecule has 120 valence electrons. The van der Waals surface area contributed by atoms with Gasteiger partial charge < -0.3 is 29.2 Å². The van der Waals surface area contributed by atoms with Gasteiger partial charge in [0, 0.05) is 10.8 Å². The zero-order valence-electron chi connectivity index (χ0n) is 12.6. The molecule has 1 aliphatic rings. The van der Waals surface area contributed by atoms with Crippen LogP contribution in [0.5, 0.6) is 0 Å². The first kappa shape index (κ1) is 17.8. The van der Waals surface area contributed by atoms with Gasteiger partial charge in [-0.25, -0.2) is 0 Å². The van der Waals surface area contributed by atoms with Crippen LogP contribution in [-0.4, -0.2) is 76.3 Å². The Labute approximate surface area is 121 Å². The fourth-order valence-corrected chi connectivity index (χ4v) is 1.78. The van der Waals surface area contributed by atoms with Crippen LogP contribution in [0.3, 0.4) is 0 Å². The van der Waals surface area contributed by atoms with Gasteiger partial charge in [-0.05, 0) is 0 Å². The highest BCUT2D eigenvalue weighted by atomic mass is 16.5. The first-order valence-corrected chi connectivity index (χ1v) is 7.06. The summed E-state index contributed by atoms with van der Waals surface area (Å²) in [6.07, 6.45) is 0. The molecule has 0 radical (unpaired) electrons. The van der Waals surface area contributed by atoms with Gasteiger partial charge in [-0.2, -0.15) is 0 Å². The van der Waals surface area contributed by atoms with Gasteiger partial charge in [0.05, 0.1) is 66.1 Å². The maximum atomic E-state index is 9.41. The van der Waals surface area contributed by atoms with Crippen molar-refractivity contribution in [2.24, 2.45) is 10.8 Å². The second-order valence-corrected chi connectivity index (χ2v) is 6.15. The van der Waals surface area contributed by atoms with Crippen LogP contribution in [0.4, 0.5) is 0 Å². The minimum absolute atomic E-state index is 0.0112. The van der Waals surface area contributed by atoms with Crippen LogP contribution in [0.2, 0.25) is 0 Å². The number of aliphatic hydroxyl groups is 2. The van der Waals surface area contributed by atoms with Crippen molar-refractivity contribution >= 4 is 0 Å². The average molecular weight is 292 g/mol. The molecular weight excluding hydrogens is 264 g/mol. The number of hydrogen-bond donors (Lipinski definition) is 2. The van der Waals surface area contributed by atoms with Gasteiger partial charge in [-0.1, -0.05) is 13.8 Å². The lowest BCUT2D eigenvalue weighted by Gasteiger charge is -2.29. The van der Waals surface area contributed by atoms with E-state index in [1.165, 1.54) is 0 Å². The summed E-state index contributed by atoms with van der Waals surface area (Å²) in [4.78, 5) is 0. The highest BCUT2D eigenvalue weighted by Crippen LogP contribution is 2.18. The minimum Gasteiger partial charge on any atom is -0.396 e. The lowest BCUT2D eigenvalue weighted by Crippen LogP contribution is -2.36. The van der Waals surface area contributed by atoms with Crippen molar-refractivity contribution < 1.29 is 29.2 Å². The molecule has 1 heterocycles. The summed E-state index contributed by atoms with van der Waals surface area (Å²) in [5.74, 6) is 0. The molecule has 0 amide bonds. The van der Waals surface area contributed by atoms with Crippen molar-refractivity contribution in [2.45, 2.75) is 13.8 Å². The molecule has 1 aliphatic heterocycles. The summed E-state index contributed by atoms with van der Waals surface area (Å²) in [6.45, 7) is 7.37. The van der Waals surface area contributed by atoms with Crippen molar-refractivity contribution in [3.63, 3.8) is 0 Å². The van der Waals surface area contributed by atoms with Crippen molar-refractivity contribution in [1.29, 1.82) is 0 Å². The molecule has 6 heteroatoms. The molecule has 0 aliphatic carbocycles. The second-order valence-electron chi connectivity index (χ2n) is 6.15. The molecule has 1 saturated heterocycles. The summed E-state index contributed by atoms with van der Waals surface area (Å²) >= 11 is 0. The highest BCUT2D eigenvalue weighted by molar-refractivity contribution is 4.74. The van der Waals surface area contributed by atoms with Crippen LogP contribution in [0.25, 0.3) is 0 Å². The van der Waals surface area contributed by atoms with Crippen molar-refractivity contribution in [1.82, 2.24) is 0 Å². The Hall–Kier alpha value is -0.240. The largest absolute Gasteiger partial charge is 0.396 e. The van der Waals surface area contributed by atoms with Crippen LogP contribution >= 0.6 is 0 Å². The monoisotopic (exact) mass is 292 g/mol. The Morgan fingerprint density at radius 3 is 1.10 bits per heavy atom. The van der Waals surface area contributed by atoms with E-state index in [1.807, 2.05) is 13.8 Å². The van der Waals surface area contributed by atoms with Crippen molar-refractivity contribution in [3.05, 3.63) is 0 Å². The molecule has 0 spiro atoms. The van der Waals surface area contributed by atoms with E-state index in [9.17, 15) is 10.2 Å². The maximum Gasteiger partial charge on any atom is 0.0700 e. The summed E-state index contributed by atoms with van der Waals surface area (Å²) in [5.41, 5.74) is -0.798. The number of aliphatic hydroxyl groups excluding tert-OH is 2. The van der Waals surface area contributed by atoms with Crippen LogP contribution in [0.1, 0.15) is 13.8 Å². The van der Waals surface area contributed by atoms with E-state index in [0.717, 1.165) is 0 Å². The average Bonchev–Trinajstić information content (AvgIpc) is 2.46. The minimum atomic E-state index is -0.399. The molecule has 0 aromatic carbocycles. The molecule has 0 bridgehead atoms. The molecular formula is C14H28O6. The van der Waals surface area contributed by atoms with Crippen LogP contribution in [-0.2, 0) is 18.9 Å². The molecule has 0 saturated carbocycles. The Kier molecular flexibility index (Phi) is 7.94. The van der Waals surface area contributed by atoms with Gasteiger partial charge in [0.15, 0.2) is 0 Å². The summed E-state index contributed by atoms with van der Waals surface area (Å²) < 4.78 is 22.1. The maximum absolute atomic E-state index is 9.41. The summed E-state index contributed by atoms with van der Waals surface area (Å²) in [5, 5.41) is 18.8. The number of ether oxygens (including phenoxy) is 4. The molecule has 0 unspecified atom stereocenters. The Bertz CT molecular complexity index is 216. The number of rotatable bonds is 2. The van der Waals surface area contributed by atoms with Gasteiger partial charge in [-0.3, -0.25) is 0 Å². The second kappa shape index (κ2) is 8.92. The topological polar surface area (TPSA) is 77.4 Å². The van der Waals surface area contributed by atoms with Crippen LogP contribution in [0.15, 0.2) is 0 Å². The Morgan fingerprint density at radius 2 is 0.900 bits per heavy atom. The quantitative estimate of drug-likeness (QED) is 0.750. The molecule has 6 nitrogen and oxygen atoms in total. The zero-order valence-corrected chi connectivity index (χ0v) is 12.6. The molecule has 1 rings (SSSR count). The normalized spacial score (nSPS) is 35.4. The Morgan fingerprint density at radius 1 is 0.650 bits per heavy atom. The molecule has 0 atom stereocenters. The molecule has 0 aromatic heterocycles. The fourth-order valence-electron chi connectivity index (χ4n) is 1.78. The number of hydrogen-bond acceptors (Lipinski definition) is 6. The van der Waals surface area contributed by atoms with E-state index in [4.69, 9.17) is 18.9 Å². The lowest BCUT2D eigenvalue weighted by molar-refractivity contribution is -0.0918. The first-order chi connectivity index (χ1) is 9.54. The van der Waals surface area contributed by atoms with E-state index in [2.05, 4.69) is 0 Å². The molecule has 20 heavy (non-hydrogen) atoms. The lowest BCUT2D eigenvalue weighted by atomic mass is 9.94. The Balaban J connectivity index is 2.45. The zero-order chi connectivity index (χ0) is 14.9.